The van der Waals surface area contributed by atoms with Gasteiger partial charge in [-0.25, -0.2) is 12.8 Å². The molecule has 1 aromatic heterocycles. The molecule has 5 nitrogen and oxygen atoms in total. The Morgan fingerprint density at radius 1 is 1.00 bits per heavy atom. The van der Waals surface area contributed by atoms with Gasteiger partial charge in [0.05, 0.1) is 10.4 Å². The third kappa shape index (κ3) is 3.27. The molecule has 7 heteroatoms. The Hall–Kier alpha value is -3.45. The minimum atomic E-state index is -4.09. The molecule has 0 radical (unpaired) electrons. The molecular weight excluding hydrogens is 405 g/mol. The van der Waals surface area contributed by atoms with E-state index < -0.39 is 28.2 Å². The van der Waals surface area contributed by atoms with Gasteiger partial charge >= 0.3 is 5.97 Å². The van der Waals surface area contributed by atoms with Gasteiger partial charge in [0, 0.05) is 16.6 Å². The summed E-state index contributed by atoms with van der Waals surface area (Å²) in [5.74, 6) is -1.71. The highest BCUT2D eigenvalue weighted by Crippen LogP contribution is 2.37. The third-order valence-corrected chi connectivity index (χ3v) is 7.04. The Kier molecular flexibility index (Phi) is 4.91. The number of hydrogen-bond acceptors (Lipinski definition) is 3. The predicted molar refractivity (Wildman–Crippen MR) is 112 cm³/mol. The molecule has 4 aromatic rings. The second kappa shape index (κ2) is 7.42. The zero-order valence-corrected chi connectivity index (χ0v) is 16.9. The van der Waals surface area contributed by atoms with Crippen LogP contribution in [0.5, 0.6) is 0 Å². The Labute approximate surface area is 172 Å². The lowest BCUT2D eigenvalue weighted by atomic mass is 10.1. The number of aliphatic carboxylic acids is 1. The predicted octanol–water partition coefficient (Wildman–Crippen LogP) is 4.67. The minimum Gasteiger partial charge on any atom is -0.480 e. The smallest absolute Gasteiger partial charge is 0.323 e. The lowest BCUT2D eigenvalue weighted by molar-refractivity contribution is -0.137. The van der Waals surface area contributed by atoms with Crippen LogP contribution in [-0.4, -0.2) is 24.1 Å². The highest BCUT2D eigenvalue weighted by atomic mass is 32.2. The number of carboxylic acid groups (broad SMARTS) is 1. The fraction of sp³-hybridized carbons (Fsp3) is 0.0870. The van der Waals surface area contributed by atoms with Crippen molar-refractivity contribution in [3.05, 3.63) is 84.3 Å². The number of carboxylic acids is 1. The van der Waals surface area contributed by atoms with Crippen molar-refractivity contribution in [3.63, 3.8) is 0 Å². The molecule has 0 aliphatic carbocycles. The minimum absolute atomic E-state index is 0.0814. The van der Waals surface area contributed by atoms with Crippen LogP contribution >= 0.6 is 0 Å². The molecule has 1 N–H and O–H groups in total. The van der Waals surface area contributed by atoms with E-state index in [4.69, 9.17) is 0 Å². The lowest BCUT2D eigenvalue weighted by Gasteiger charge is -2.12. The summed E-state index contributed by atoms with van der Waals surface area (Å²) in [4.78, 5) is 11.4. The first-order valence-corrected chi connectivity index (χ1v) is 10.7. The average molecular weight is 423 g/mol. The number of hydrogen-bond donors (Lipinski definition) is 1. The number of halogens is 1. The van der Waals surface area contributed by atoms with Crippen LogP contribution in [0.4, 0.5) is 4.39 Å². The first-order chi connectivity index (χ1) is 14.3. The van der Waals surface area contributed by atoms with Crippen molar-refractivity contribution in [1.82, 2.24) is 4.57 Å². The zero-order chi connectivity index (χ0) is 21.5. The quantitative estimate of drug-likeness (QED) is 0.506. The van der Waals surface area contributed by atoms with E-state index in [1.54, 1.807) is 25.1 Å². The molecule has 152 valence electrons. The molecule has 0 unspecified atom stereocenters. The summed E-state index contributed by atoms with van der Waals surface area (Å²) in [5.41, 5.74) is 1.86. The number of aromatic nitrogens is 1. The number of fused-ring (bicyclic) bond motifs is 1. The molecule has 30 heavy (non-hydrogen) atoms. The molecule has 0 saturated carbocycles. The topological polar surface area (TPSA) is 76.4 Å². The molecule has 4 rings (SSSR count). The van der Waals surface area contributed by atoms with Crippen molar-refractivity contribution in [2.24, 2.45) is 0 Å². The maximum atomic E-state index is 14.0. The van der Waals surface area contributed by atoms with Gasteiger partial charge in [-0.1, -0.05) is 48.5 Å². The molecular formula is C23H18FNO4S. The van der Waals surface area contributed by atoms with Gasteiger partial charge in [-0.05, 0) is 36.8 Å². The van der Waals surface area contributed by atoms with Crippen LogP contribution in [0.1, 0.15) is 5.69 Å². The van der Waals surface area contributed by atoms with E-state index in [9.17, 15) is 22.7 Å². The first-order valence-electron chi connectivity index (χ1n) is 9.20. The molecule has 0 fully saturated rings. The normalized spacial score (nSPS) is 11.7. The second-order valence-corrected chi connectivity index (χ2v) is 8.78. The van der Waals surface area contributed by atoms with E-state index in [0.29, 0.717) is 11.1 Å². The van der Waals surface area contributed by atoms with E-state index in [-0.39, 0.29) is 20.9 Å². The second-order valence-electron chi connectivity index (χ2n) is 6.92. The first kappa shape index (κ1) is 19.8. The molecule has 0 bridgehead atoms. The van der Waals surface area contributed by atoms with E-state index >= 15 is 0 Å². The van der Waals surface area contributed by atoms with Gasteiger partial charge < -0.3 is 9.67 Å². The Morgan fingerprint density at radius 2 is 1.67 bits per heavy atom. The van der Waals surface area contributed by atoms with Crippen LogP contribution in [0.15, 0.2) is 82.6 Å². The van der Waals surface area contributed by atoms with Crippen molar-refractivity contribution in [1.29, 1.82) is 0 Å². The maximum absolute atomic E-state index is 14.0. The molecule has 0 spiro atoms. The van der Waals surface area contributed by atoms with Crippen LogP contribution in [0.2, 0.25) is 0 Å². The summed E-state index contributed by atoms with van der Waals surface area (Å²) >= 11 is 0. The summed E-state index contributed by atoms with van der Waals surface area (Å²) in [7, 11) is -4.09. The summed E-state index contributed by atoms with van der Waals surface area (Å²) < 4.78 is 43.0. The molecule has 0 aliphatic heterocycles. The van der Waals surface area contributed by atoms with Gasteiger partial charge in [0.1, 0.15) is 17.3 Å². The number of rotatable bonds is 5. The number of carbonyl (C=O) groups is 1. The van der Waals surface area contributed by atoms with Gasteiger partial charge in [-0.15, -0.1) is 0 Å². The van der Waals surface area contributed by atoms with E-state index in [0.717, 1.165) is 11.6 Å². The van der Waals surface area contributed by atoms with Crippen molar-refractivity contribution in [2.75, 3.05) is 0 Å². The van der Waals surface area contributed by atoms with Crippen molar-refractivity contribution < 1.29 is 22.7 Å². The van der Waals surface area contributed by atoms with E-state index in [1.165, 1.54) is 22.8 Å². The molecule has 0 amide bonds. The molecule has 0 saturated heterocycles. The Bertz CT molecular complexity index is 1380. The van der Waals surface area contributed by atoms with Crippen molar-refractivity contribution >= 4 is 26.7 Å². The fourth-order valence-corrected chi connectivity index (χ4v) is 5.67. The van der Waals surface area contributed by atoms with Crippen LogP contribution in [0, 0.1) is 12.7 Å². The highest BCUT2D eigenvalue weighted by molar-refractivity contribution is 7.92. The molecule has 0 aliphatic rings. The number of sulfone groups is 1. The van der Waals surface area contributed by atoms with E-state index in [2.05, 4.69) is 0 Å². The summed E-state index contributed by atoms with van der Waals surface area (Å²) in [6.45, 7) is 1.11. The van der Waals surface area contributed by atoms with Crippen LogP contribution in [0.25, 0.3) is 22.0 Å². The van der Waals surface area contributed by atoms with Crippen LogP contribution in [0.3, 0.4) is 0 Å². The SMILES string of the molecule is Cc1c(S(=O)(=O)c2ccccc2-c2ccccc2)c2cc(F)ccc2n1CC(=O)O. The van der Waals surface area contributed by atoms with Gasteiger partial charge in [0.25, 0.3) is 0 Å². The monoisotopic (exact) mass is 423 g/mol. The van der Waals surface area contributed by atoms with Crippen LogP contribution < -0.4 is 0 Å². The maximum Gasteiger partial charge on any atom is 0.323 e. The Morgan fingerprint density at radius 3 is 2.37 bits per heavy atom. The lowest BCUT2D eigenvalue weighted by Crippen LogP contribution is -2.11. The standard InChI is InChI=1S/C23H18FNO4S/c1-15-23(19-13-17(24)11-12-20(19)25(15)14-22(26)27)30(28,29)21-10-6-5-9-18(21)16-7-3-2-4-8-16/h2-13H,14H2,1H3,(H,26,27). The van der Waals surface area contributed by atoms with Crippen molar-refractivity contribution in [3.8, 4) is 11.1 Å². The summed E-state index contributed by atoms with van der Waals surface area (Å²) in [5, 5.41) is 9.45. The summed E-state index contributed by atoms with van der Waals surface area (Å²) in [6, 6.07) is 19.4. The van der Waals surface area contributed by atoms with Gasteiger partial charge in [-0.3, -0.25) is 4.79 Å². The van der Waals surface area contributed by atoms with Gasteiger partial charge in [0.2, 0.25) is 9.84 Å². The van der Waals surface area contributed by atoms with Crippen LogP contribution in [-0.2, 0) is 21.2 Å². The fourth-order valence-electron chi connectivity index (χ4n) is 3.77. The number of nitrogens with zero attached hydrogens (tertiary/aromatic N) is 1. The number of benzene rings is 3. The average Bonchev–Trinajstić information content (AvgIpc) is 2.99. The molecule has 0 atom stereocenters. The Balaban J connectivity index is 2.04. The summed E-state index contributed by atoms with van der Waals surface area (Å²) in [6.07, 6.45) is 0. The highest BCUT2D eigenvalue weighted by Gasteiger charge is 2.29. The third-order valence-electron chi connectivity index (χ3n) is 5.05. The largest absolute Gasteiger partial charge is 0.480 e. The van der Waals surface area contributed by atoms with Gasteiger partial charge in [0.15, 0.2) is 0 Å². The van der Waals surface area contributed by atoms with Crippen molar-refractivity contribution in [2.45, 2.75) is 23.3 Å². The molecule has 1 heterocycles. The van der Waals surface area contributed by atoms with E-state index in [1.807, 2.05) is 30.3 Å². The van der Waals surface area contributed by atoms with Gasteiger partial charge in [-0.2, -0.15) is 0 Å². The molecule has 3 aromatic carbocycles. The zero-order valence-electron chi connectivity index (χ0n) is 16.0.